The number of hydrogen-bond donors (Lipinski definition) is 6. The van der Waals surface area contributed by atoms with Crippen molar-refractivity contribution in [3.8, 4) is 0 Å². The summed E-state index contributed by atoms with van der Waals surface area (Å²) in [6.07, 6.45) is 2.38. The van der Waals surface area contributed by atoms with Gasteiger partial charge in [0.2, 0.25) is 23.6 Å². The maximum atomic E-state index is 12.2. The smallest absolute Gasteiger partial charge is 0.269 e. The summed E-state index contributed by atoms with van der Waals surface area (Å²) < 4.78 is 0. The highest BCUT2D eigenvalue weighted by Crippen LogP contribution is 2.11. The number of rotatable bonds is 12. The Bertz CT molecular complexity index is 1070. The largest absolute Gasteiger partial charge is 0.326 e. The van der Waals surface area contributed by atoms with Crippen LogP contribution in [0.4, 0.5) is 11.4 Å². The minimum Gasteiger partial charge on any atom is -0.326 e. The van der Waals surface area contributed by atoms with Crippen molar-refractivity contribution in [2.45, 2.75) is 58.8 Å². The number of carbonyl (C=O) groups excluding carboxylic acids is 6. The zero-order valence-corrected chi connectivity index (χ0v) is 22.0. The van der Waals surface area contributed by atoms with Crippen LogP contribution in [0.1, 0.15) is 79.5 Å². The molecule has 0 bridgehead atoms. The molecule has 0 unspecified atom stereocenters. The Morgan fingerprint density at radius 2 is 0.846 bits per heavy atom. The molecule has 0 radical (unpaired) electrons. The standard InChI is InChI=1S/C27H34N6O6/c1-3-6-22(34)28-20-14-10-18(11-15-20)26(38)32-30-24(36)8-5-9-25(37)31-33-27(39)19-12-16-21(17-13-19)29-23(35)7-4-2/h10-17H,3-9H2,1-2H3,(H,28,34)(H,29,35)(H,30,36)(H,31,37)(H,32,38)(H,33,39). The molecule has 0 saturated carbocycles. The molecular weight excluding hydrogens is 504 g/mol. The second-order valence-corrected chi connectivity index (χ2v) is 8.61. The van der Waals surface area contributed by atoms with Crippen molar-refractivity contribution in [1.82, 2.24) is 21.7 Å². The second kappa shape index (κ2) is 16.2. The first kappa shape index (κ1) is 30.5. The summed E-state index contributed by atoms with van der Waals surface area (Å²) in [5.41, 5.74) is 10.8. The summed E-state index contributed by atoms with van der Waals surface area (Å²) in [5, 5.41) is 5.43. The summed E-state index contributed by atoms with van der Waals surface area (Å²) in [5.74, 6) is -2.28. The Labute approximate surface area is 226 Å². The van der Waals surface area contributed by atoms with Gasteiger partial charge in [-0.25, -0.2) is 0 Å². The molecule has 0 aromatic heterocycles. The minimum absolute atomic E-state index is 0.0325. The SMILES string of the molecule is CCCC(=O)Nc1ccc(C(=O)NNC(=O)CCCC(=O)NNC(=O)c2ccc(NC(=O)CCC)cc2)cc1. The van der Waals surface area contributed by atoms with Gasteiger partial charge in [0.25, 0.3) is 11.8 Å². The first-order chi connectivity index (χ1) is 18.7. The Balaban J connectivity index is 1.64. The van der Waals surface area contributed by atoms with Gasteiger partial charge in [-0.05, 0) is 67.8 Å². The Morgan fingerprint density at radius 3 is 1.18 bits per heavy atom. The molecule has 0 saturated heterocycles. The van der Waals surface area contributed by atoms with Crippen LogP contribution in [-0.4, -0.2) is 35.4 Å². The lowest BCUT2D eigenvalue weighted by atomic mass is 10.2. The number of nitrogens with one attached hydrogen (secondary N) is 6. The lowest BCUT2D eigenvalue weighted by Crippen LogP contribution is -2.42. The van der Waals surface area contributed by atoms with E-state index < -0.39 is 23.6 Å². The van der Waals surface area contributed by atoms with Gasteiger partial charge in [0.1, 0.15) is 0 Å². The summed E-state index contributed by atoms with van der Waals surface area (Å²) in [6, 6.07) is 12.4. The first-order valence-corrected chi connectivity index (χ1v) is 12.7. The van der Waals surface area contributed by atoms with Crippen LogP contribution in [-0.2, 0) is 19.2 Å². The van der Waals surface area contributed by atoms with Crippen molar-refractivity contribution >= 4 is 46.8 Å². The highest BCUT2D eigenvalue weighted by molar-refractivity contribution is 5.97. The molecule has 12 heteroatoms. The third kappa shape index (κ3) is 11.5. The van der Waals surface area contributed by atoms with Crippen molar-refractivity contribution in [1.29, 1.82) is 0 Å². The molecule has 0 aliphatic carbocycles. The minimum atomic E-state index is -0.536. The van der Waals surface area contributed by atoms with Gasteiger partial charge in [-0.3, -0.25) is 50.5 Å². The van der Waals surface area contributed by atoms with Gasteiger partial charge >= 0.3 is 0 Å². The van der Waals surface area contributed by atoms with E-state index in [4.69, 9.17) is 0 Å². The van der Waals surface area contributed by atoms with Crippen LogP contribution in [0.5, 0.6) is 0 Å². The molecule has 39 heavy (non-hydrogen) atoms. The number of amides is 6. The van der Waals surface area contributed by atoms with Crippen LogP contribution < -0.4 is 32.3 Å². The monoisotopic (exact) mass is 538 g/mol. The Morgan fingerprint density at radius 1 is 0.487 bits per heavy atom. The van der Waals surface area contributed by atoms with Crippen LogP contribution >= 0.6 is 0 Å². The number of hydrazine groups is 2. The van der Waals surface area contributed by atoms with Gasteiger partial charge in [-0.1, -0.05) is 13.8 Å². The Hall–Kier alpha value is -4.74. The van der Waals surface area contributed by atoms with Crippen molar-refractivity contribution < 1.29 is 28.8 Å². The molecule has 6 N–H and O–H groups in total. The Kier molecular flexibility index (Phi) is 12.6. The zero-order valence-electron chi connectivity index (χ0n) is 22.0. The van der Waals surface area contributed by atoms with E-state index in [0.717, 1.165) is 12.8 Å². The fourth-order valence-electron chi connectivity index (χ4n) is 3.24. The molecule has 0 spiro atoms. The topological polar surface area (TPSA) is 175 Å². The summed E-state index contributed by atoms with van der Waals surface area (Å²) in [6.45, 7) is 3.80. The van der Waals surface area contributed by atoms with Gasteiger partial charge in [-0.15, -0.1) is 0 Å². The molecule has 208 valence electrons. The quantitative estimate of drug-likeness (QED) is 0.226. The predicted molar refractivity (Wildman–Crippen MR) is 145 cm³/mol. The van der Waals surface area contributed by atoms with Gasteiger partial charge in [0.15, 0.2) is 0 Å². The van der Waals surface area contributed by atoms with E-state index in [1.807, 2.05) is 13.8 Å². The third-order valence-electron chi connectivity index (χ3n) is 5.25. The van der Waals surface area contributed by atoms with E-state index in [0.29, 0.717) is 24.2 Å². The molecule has 2 rings (SSSR count). The molecule has 2 aromatic carbocycles. The fraction of sp³-hybridized carbons (Fsp3) is 0.333. The van der Waals surface area contributed by atoms with Gasteiger partial charge in [-0.2, -0.15) is 0 Å². The van der Waals surface area contributed by atoms with E-state index in [1.54, 1.807) is 24.3 Å². The lowest BCUT2D eigenvalue weighted by molar-refractivity contribution is -0.123. The van der Waals surface area contributed by atoms with Gasteiger partial charge in [0, 0.05) is 48.2 Å². The van der Waals surface area contributed by atoms with Crippen molar-refractivity contribution in [2.24, 2.45) is 0 Å². The summed E-state index contributed by atoms with van der Waals surface area (Å²) in [4.78, 5) is 71.6. The average molecular weight is 539 g/mol. The second-order valence-electron chi connectivity index (χ2n) is 8.61. The molecule has 0 fully saturated rings. The van der Waals surface area contributed by atoms with E-state index >= 15 is 0 Å². The number of benzene rings is 2. The molecule has 0 heterocycles. The van der Waals surface area contributed by atoms with Gasteiger partial charge < -0.3 is 10.6 Å². The number of carbonyl (C=O) groups is 6. The molecular formula is C27H34N6O6. The summed E-state index contributed by atoms with van der Waals surface area (Å²) in [7, 11) is 0. The van der Waals surface area contributed by atoms with E-state index in [-0.39, 0.29) is 42.2 Å². The molecule has 2 aromatic rings. The molecule has 12 nitrogen and oxygen atoms in total. The maximum Gasteiger partial charge on any atom is 0.269 e. The van der Waals surface area contributed by atoms with Crippen LogP contribution in [0.3, 0.4) is 0 Å². The lowest BCUT2D eigenvalue weighted by Gasteiger charge is -2.10. The van der Waals surface area contributed by atoms with Crippen LogP contribution in [0.15, 0.2) is 48.5 Å². The molecule has 0 aliphatic rings. The van der Waals surface area contributed by atoms with Crippen molar-refractivity contribution in [3.63, 3.8) is 0 Å². The van der Waals surface area contributed by atoms with Crippen LogP contribution in [0.25, 0.3) is 0 Å². The highest BCUT2D eigenvalue weighted by atomic mass is 16.2. The van der Waals surface area contributed by atoms with Gasteiger partial charge in [0.05, 0.1) is 0 Å². The van der Waals surface area contributed by atoms with E-state index in [2.05, 4.69) is 32.3 Å². The molecule has 6 amide bonds. The summed E-state index contributed by atoms with van der Waals surface area (Å²) >= 11 is 0. The maximum absolute atomic E-state index is 12.2. The first-order valence-electron chi connectivity index (χ1n) is 12.7. The molecule has 0 atom stereocenters. The zero-order chi connectivity index (χ0) is 28.6. The highest BCUT2D eigenvalue weighted by Gasteiger charge is 2.11. The normalized spacial score (nSPS) is 10.1. The van der Waals surface area contributed by atoms with E-state index in [1.165, 1.54) is 24.3 Å². The van der Waals surface area contributed by atoms with E-state index in [9.17, 15) is 28.8 Å². The fourth-order valence-corrected chi connectivity index (χ4v) is 3.24. The molecule has 0 aliphatic heterocycles. The number of hydrogen-bond acceptors (Lipinski definition) is 6. The van der Waals surface area contributed by atoms with Crippen molar-refractivity contribution in [3.05, 3.63) is 59.7 Å². The van der Waals surface area contributed by atoms with Crippen LogP contribution in [0, 0.1) is 0 Å². The number of anilines is 2. The van der Waals surface area contributed by atoms with Crippen LogP contribution in [0.2, 0.25) is 0 Å². The third-order valence-corrected chi connectivity index (χ3v) is 5.25. The predicted octanol–water partition coefficient (Wildman–Crippen LogP) is 2.56. The van der Waals surface area contributed by atoms with Crippen molar-refractivity contribution in [2.75, 3.05) is 10.6 Å². The average Bonchev–Trinajstić information content (AvgIpc) is 2.91.